The summed E-state index contributed by atoms with van der Waals surface area (Å²) >= 11 is 0. The van der Waals surface area contributed by atoms with E-state index in [1.807, 2.05) is 0 Å². The van der Waals surface area contributed by atoms with Crippen molar-refractivity contribution in [3.63, 3.8) is 0 Å². The lowest BCUT2D eigenvalue weighted by molar-refractivity contribution is -0.137. The first-order valence-corrected chi connectivity index (χ1v) is 7.25. The standard InChI is InChI=1S/C15H13F3N2O4/c16-15(17,18)7-1-4-9(11(21)5-7)14(24)20(8-2-3-8)10-6-12(22)19-13(10)23/h1,4-5,8,10,21H,2-3,6H2,(H,19,22,23). The van der Waals surface area contributed by atoms with Gasteiger partial charge in [0.2, 0.25) is 11.8 Å². The fourth-order valence-corrected chi connectivity index (χ4v) is 2.71. The van der Waals surface area contributed by atoms with Gasteiger partial charge in [0.05, 0.1) is 17.5 Å². The van der Waals surface area contributed by atoms with Gasteiger partial charge < -0.3 is 10.0 Å². The van der Waals surface area contributed by atoms with Gasteiger partial charge in [-0.1, -0.05) is 0 Å². The van der Waals surface area contributed by atoms with Crippen LogP contribution in [0.3, 0.4) is 0 Å². The number of hydrogen-bond acceptors (Lipinski definition) is 4. The monoisotopic (exact) mass is 342 g/mol. The molecular formula is C15H13F3N2O4. The zero-order valence-corrected chi connectivity index (χ0v) is 12.3. The van der Waals surface area contributed by atoms with Crippen LogP contribution >= 0.6 is 0 Å². The van der Waals surface area contributed by atoms with E-state index < -0.39 is 41.3 Å². The Bertz CT molecular complexity index is 728. The molecule has 1 aromatic rings. The summed E-state index contributed by atoms with van der Waals surface area (Å²) in [5.41, 5.74) is -1.41. The number of aromatic hydroxyl groups is 1. The number of carbonyl (C=O) groups is 3. The maximum absolute atomic E-state index is 12.6. The second-order valence-electron chi connectivity index (χ2n) is 5.81. The van der Waals surface area contributed by atoms with E-state index in [0.717, 1.165) is 6.07 Å². The van der Waals surface area contributed by atoms with Crippen molar-refractivity contribution in [3.05, 3.63) is 29.3 Å². The Morgan fingerprint density at radius 2 is 1.92 bits per heavy atom. The molecule has 1 unspecified atom stereocenters. The van der Waals surface area contributed by atoms with Crippen LogP contribution < -0.4 is 5.32 Å². The van der Waals surface area contributed by atoms with Crippen molar-refractivity contribution in [2.24, 2.45) is 0 Å². The van der Waals surface area contributed by atoms with Gasteiger partial charge >= 0.3 is 6.18 Å². The van der Waals surface area contributed by atoms with Gasteiger partial charge in [-0.3, -0.25) is 19.7 Å². The molecule has 2 fully saturated rings. The molecule has 0 aromatic heterocycles. The minimum absolute atomic E-state index is 0.192. The van der Waals surface area contributed by atoms with Gasteiger partial charge in [0.15, 0.2) is 0 Å². The smallest absolute Gasteiger partial charge is 0.416 e. The number of rotatable bonds is 3. The highest BCUT2D eigenvalue weighted by Crippen LogP contribution is 2.36. The number of benzene rings is 1. The highest BCUT2D eigenvalue weighted by atomic mass is 19.4. The lowest BCUT2D eigenvalue weighted by Crippen LogP contribution is -2.46. The highest BCUT2D eigenvalue weighted by Gasteiger charge is 2.45. The van der Waals surface area contributed by atoms with Crippen LogP contribution in [-0.4, -0.2) is 39.8 Å². The molecule has 0 bridgehead atoms. The second-order valence-corrected chi connectivity index (χ2v) is 5.81. The predicted octanol–water partition coefficient (Wildman–Crippen LogP) is 1.43. The van der Waals surface area contributed by atoms with Crippen LogP contribution in [0.4, 0.5) is 13.2 Å². The largest absolute Gasteiger partial charge is 0.507 e. The lowest BCUT2D eigenvalue weighted by atomic mass is 10.1. The number of hydrogen-bond donors (Lipinski definition) is 2. The topological polar surface area (TPSA) is 86.7 Å². The molecule has 3 amide bonds. The second kappa shape index (κ2) is 5.50. The molecule has 24 heavy (non-hydrogen) atoms. The molecule has 1 saturated carbocycles. The first-order chi connectivity index (χ1) is 11.2. The van der Waals surface area contributed by atoms with E-state index in [4.69, 9.17) is 0 Å². The van der Waals surface area contributed by atoms with E-state index >= 15 is 0 Å². The Labute approximate surface area is 134 Å². The normalized spacial score (nSPS) is 20.9. The van der Waals surface area contributed by atoms with Gasteiger partial charge in [-0.05, 0) is 31.0 Å². The summed E-state index contributed by atoms with van der Waals surface area (Å²) in [7, 11) is 0. The van der Waals surface area contributed by atoms with E-state index in [1.165, 1.54) is 4.90 Å². The summed E-state index contributed by atoms with van der Waals surface area (Å²) in [4.78, 5) is 37.0. The predicted molar refractivity (Wildman–Crippen MR) is 73.9 cm³/mol. The van der Waals surface area contributed by atoms with Gasteiger partial charge in [0.1, 0.15) is 11.8 Å². The van der Waals surface area contributed by atoms with Crippen LogP contribution in [0.15, 0.2) is 18.2 Å². The maximum Gasteiger partial charge on any atom is 0.416 e. The Morgan fingerprint density at radius 1 is 1.25 bits per heavy atom. The van der Waals surface area contributed by atoms with Crippen LogP contribution in [0.25, 0.3) is 0 Å². The van der Waals surface area contributed by atoms with Crippen LogP contribution in [-0.2, 0) is 15.8 Å². The number of phenols is 1. The number of carbonyl (C=O) groups excluding carboxylic acids is 3. The number of halogens is 3. The summed E-state index contributed by atoms with van der Waals surface area (Å²) in [6, 6.07) is 0.778. The Balaban J connectivity index is 1.91. The van der Waals surface area contributed by atoms with Crippen LogP contribution in [0, 0.1) is 0 Å². The maximum atomic E-state index is 12.6. The fourth-order valence-electron chi connectivity index (χ4n) is 2.71. The molecule has 0 radical (unpaired) electrons. The first-order valence-electron chi connectivity index (χ1n) is 7.25. The third-order valence-corrected chi connectivity index (χ3v) is 4.01. The quantitative estimate of drug-likeness (QED) is 0.814. The molecular weight excluding hydrogens is 329 g/mol. The number of phenolic OH excluding ortho intramolecular Hbond substituents is 1. The molecule has 1 aromatic carbocycles. The number of imide groups is 1. The molecule has 2 N–H and O–H groups in total. The minimum atomic E-state index is -4.65. The zero-order valence-electron chi connectivity index (χ0n) is 12.3. The molecule has 3 rings (SSSR count). The lowest BCUT2D eigenvalue weighted by Gasteiger charge is -2.27. The molecule has 1 aliphatic carbocycles. The van der Waals surface area contributed by atoms with Gasteiger partial charge in [-0.2, -0.15) is 13.2 Å². The molecule has 9 heteroatoms. The van der Waals surface area contributed by atoms with Crippen molar-refractivity contribution in [3.8, 4) is 5.75 Å². The average molecular weight is 342 g/mol. The van der Waals surface area contributed by atoms with Crippen molar-refractivity contribution in [1.29, 1.82) is 0 Å². The molecule has 128 valence electrons. The summed E-state index contributed by atoms with van der Waals surface area (Å²) < 4.78 is 37.9. The van der Waals surface area contributed by atoms with Crippen molar-refractivity contribution < 1.29 is 32.7 Å². The number of nitrogens with zero attached hydrogens (tertiary/aromatic N) is 1. The highest BCUT2D eigenvalue weighted by molar-refractivity contribution is 6.08. The summed E-state index contributed by atoms with van der Waals surface area (Å²) in [6.45, 7) is 0. The van der Waals surface area contributed by atoms with E-state index in [9.17, 15) is 32.7 Å². The summed E-state index contributed by atoms with van der Waals surface area (Å²) in [5.74, 6) is -2.71. The van der Waals surface area contributed by atoms with E-state index in [0.29, 0.717) is 25.0 Å². The third-order valence-electron chi connectivity index (χ3n) is 4.01. The van der Waals surface area contributed by atoms with Crippen LogP contribution in [0.1, 0.15) is 35.2 Å². The Hall–Kier alpha value is -2.58. The van der Waals surface area contributed by atoms with E-state index in [2.05, 4.69) is 5.32 Å². The van der Waals surface area contributed by atoms with Crippen molar-refractivity contribution in [2.45, 2.75) is 37.5 Å². The number of amides is 3. The molecule has 0 spiro atoms. The first kappa shape index (κ1) is 16.3. The molecule has 1 aliphatic heterocycles. The number of alkyl halides is 3. The molecule has 1 atom stereocenters. The van der Waals surface area contributed by atoms with Gasteiger partial charge in [0, 0.05) is 6.04 Å². The van der Waals surface area contributed by atoms with Crippen LogP contribution in [0.2, 0.25) is 0 Å². The van der Waals surface area contributed by atoms with Crippen molar-refractivity contribution in [1.82, 2.24) is 10.2 Å². The van der Waals surface area contributed by atoms with E-state index in [1.54, 1.807) is 0 Å². The Kier molecular flexibility index (Phi) is 3.73. The van der Waals surface area contributed by atoms with Gasteiger partial charge in [-0.25, -0.2) is 0 Å². The molecule has 1 saturated heterocycles. The SMILES string of the molecule is O=C1CC(N(C(=O)c2ccc(C(F)(F)F)cc2O)C2CC2)C(=O)N1. The van der Waals surface area contributed by atoms with Crippen molar-refractivity contribution >= 4 is 17.7 Å². The van der Waals surface area contributed by atoms with Gasteiger partial charge in [-0.15, -0.1) is 0 Å². The fraction of sp³-hybridized carbons (Fsp3) is 0.400. The molecule has 1 heterocycles. The van der Waals surface area contributed by atoms with Crippen molar-refractivity contribution in [2.75, 3.05) is 0 Å². The third kappa shape index (κ3) is 2.93. The minimum Gasteiger partial charge on any atom is -0.507 e. The Morgan fingerprint density at radius 3 is 2.38 bits per heavy atom. The molecule has 2 aliphatic rings. The van der Waals surface area contributed by atoms with Crippen LogP contribution in [0.5, 0.6) is 5.75 Å². The molecule has 6 nitrogen and oxygen atoms in total. The summed E-state index contributed by atoms with van der Waals surface area (Å²) in [6.07, 6.45) is -3.58. The van der Waals surface area contributed by atoms with Gasteiger partial charge in [0.25, 0.3) is 5.91 Å². The average Bonchev–Trinajstić information content (AvgIpc) is 3.24. The number of nitrogens with one attached hydrogen (secondary N) is 1. The zero-order chi connectivity index (χ0) is 17.6. The summed E-state index contributed by atoms with van der Waals surface area (Å²) in [5, 5.41) is 11.9. The van der Waals surface area contributed by atoms with E-state index in [-0.39, 0.29) is 18.0 Å².